The van der Waals surface area contributed by atoms with E-state index in [4.69, 9.17) is 35.0 Å². The summed E-state index contributed by atoms with van der Waals surface area (Å²) >= 11 is 0. The molecule has 0 heterocycles. The predicted octanol–water partition coefficient (Wildman–Crippen LogP) is -7.46. The van der Waals surface area contributed by atoms with Gasteiger partial charge in [0.15, 0.2) is 0 Å². The van der Waals surface area contributed by atoms with E-state index in [1.165, 1.54) is 0 Å². The molecule has 0 bridgehead atoms. The molecule has 0 aliphatic carbocycles. The van der Waals surface area contributed by atoms with E-state index in [9.17, 15) is 0 Å². The summed E-state index contributed by atoms with van der Waals surface area (Å²) in [5.74, 6) is 0. The van der Waals surface area contributed by atoms with Crippen molar-refractivity contribution in [2.24, 2.45) is 0 Å². The largest absolute Gasteiger partial charge is 2.00 e. The van der Waals surface area contributed by atoms with Crippen LogP contribution < -0.4 is 12.3 Å². The summed E-state index contributed by atoms with van der Waals surface area (Å²) in [7, 11) is -10.3. The molecule has 0 aliphatic heterocycles. The molecule has 0 unspecified atom stereocenters. The Morgan fingerprint density at radius 3 is 0.474 bits per heavy atom. The van der Waals surface area contributed by atoms with Crippen molar-refractivity contribution in [1.29, 1.82) is 0 Å². The normalized spacial score (nSPS) is 6.11. The molecule has 19 heavy (non-hydrogen) atoms. The second-order valence-corrected chi connectivity index (χ2v) is 2.45. The van der Waals surface area contributed by atoms with Crippen molar-refractivity contribution in [3.63, 3.8) is 0 Å². The van der Waals surface area contributed by atoms with Gasteiger partial charge in [0.2, 0.25) is 0 Å². The van der Waals surface area contributed by atoms with E-state index in [1.807, 2.05) is 0 Å². The van der Waals surface area contributed by atoms with Crippen LogP contribution in [0.25, 0.3) is 0 Å². The van der Waals surface area contributed by atoms with Gasteiger partial charge in [-0.25, -0.2) is 0 Å². The summed E-state index contributed by atoms with van der Waals surface area (Å²) in [5, 5.41) is 0. The van der Waals surface area contributed by atoms with Crippen molar-refractivity contribution in [1.82, 2.24) is 12.3 Å². The number of quaternary nitrogens is 2. The van der Waals surface area contributed by atoms with Crippen LogP contribution in [0, 0.1) is 0 Å². The maximum atomic E-state index is 8.52. The quantitative estimate of drug-likeness (QED) is 0.222. The summed E-state index contributed by atoms with van der Waals surface area (Å²) in [6.07, 6.45) is 0. The van der Waals surface area contributed by atoms with Crippen molar-refractivity contribution in [3.8, 4) is 0 Å². The van der Waals surface area contributed by atoms with Crippen LogP contribution in [-0.4, -0.2) is 35.0 Å². The number of hydrogen-bond acceptors (Lipinski definition) is 8. The van der Waals surface area contributed by atoms with E-state index in [1.54, 1.807) is 0 Å². The molecular formula is H26CoN2O14S2+6. The summed E-state index contributed by atoms with van der Waals surface area (Å²) in [6.45, 7) is 0. The van der Waals surface area contributed by atoms with Gasteiger partial charge in [0, 0.05) is 20.8 Å². The minimum Gasteiger partial charge on any atom is -0.759 e. The summed E-state index contributed by atoms with van der Waals surface area (Å²) in [4.78, 5) is 0. The van der Waals surface area contributed by atoms with Gasteiger partial charge in [-0.2, -0.15) is 0 Å². The Hall–Kier alpha value is -0.0735. The molecule has 0 fully saturated rings. The standard InChI is InChI=1S/Co.2H3N.2H2O4S.6H2O/c;;;2*1-5(2,3)4;;;;;;/h;2*1H3;2*(H2,1,2,3,4);6*1H2/q+2;;;;;;;;;;/p+4. The SMILES string of the molecule is O=S(=O)([O-])[O-].O=S(=O)([O-])[O-].[Co+2].[NH4+].[NH4+].[OH3+].[OH3+].[OH3+].[OH3+].[OH3+].[OH3+]. The average molecular weight is 401 g/mol. The summed E-state index contributed by atoms with van der Waals surface area (Å²) in [5.41, 5.74) is 0. The van der Waals surface area contributed by atoms with Crippen molar-refractivity contribution >= 4 is 20.8 Å². The fraction of sp³-hybridized carbons (Fsp3) is 0. The van der Waals surface area contributed by atoms with E-state index in [2.05, 4.69) is 0 Å². The third-order valence-corrected chi connectivity index (χ3v) is 0. The van der Waals surface area contributed by atoms with E-state index in [0.29, 0.717) is 0 Å². The molecule has 0 saturated heterocycles. The molecule has 0 amide bonds. The molecule has 0 rings (SSSR count). The van der Waals surface area contributed by atoms with Crippen LogP contribution in [0.3, 0.4) is 0 Å². The van der Waals surface area contributed by atoms with Gasteiger partial charge < -0.3 is 63.4 Å². The number of hydrogen-bond donors (Lipinski definition) is 2. The maximum absolute atomic E-state index is 8.52. The van der Waals surface area contributed by atoms with Gasteiger partial charge in [-0.1, -0.05) is 0 Å². The molecular weight excluding hydrogens is 375 g/mol. The topological polar surface area (TPSA) is 432 Å². The maximum Gasteiger partial charge on any atom is 2.00 e. The first-order chi connectivity index (χ1) is 4.00. The van der Waals surface area contributed by atoms with Gasteiger partial charge in [-0.3, -0.25) is 16.8 Å². The average Bonchev–Trinajstić information content (AvgIpc) is 1.12. The Morgan fingerprint density at radius 2 is 0.474 bits per heavy atom. The van der Waals surface area contributed by atoms with Crippen LogP contribution in [0.1, 0.15) is 0 Å². The second-order valence-electron chi connectivity index (χ2n) is 0.816. The van der Waals surface area contributed by atoms with Crippen molar-refractivity contribution < 1.29 is 84.7 Å². The second kappa shape index (κ2) is 36.1. The fourth-order valence-corrected chi connectivity index (χ4v) is 0. The molecule has 0 aromatic rings. The van der Waals surface area contributed by atoms with E-state index < -0.39 is 20.8 Å². The van der Waals surface area contributed by atoms with Gasteiger partial charge in [-0.15, -0.1) is 0 Å². The minimum atomic E-state index is -5.17. The molecule has 19 heteroatoms. The summed E-state index contributed by atoms with van der Waals surface area (Å²) < 4.78 is 68.2. The Kier molecular flexibility index (Phi) is 184. The molecule has 135 valence electrons. The Labute approximate surface area is 118 Å². The first kappa shape index (κ1) is 96.8. The molecule has 16 nitrogen and oxygen atoms in total. The van der Waals surface area contributed by atoms with Crippen LogP contribution in [0.2, 0.25) is 0 Å². The van der Waals surface area contributed by atoms with E-state index in [-0.39, 0.29) is 61.9 Å². The summed E-state index contributed by atoms with van der Waals surface area (Å²) in [6, 6.07) is 0. The first-order valence-electron chi connectivity index (χ1n) is 1.33. The van der Waals surface area contributed by atoms with Crippen molar-refractivity contribution in [2.45, 2.75) is 0 Å². The zero-order chi connectivity index (χ0) is 9.00. The van der Waals surface area contributed by atoms with Crippen LogP contribution in [-0.2, 0) is 70.4 Å². The van der Waals surface area contributed by atoms with Gasteiger partial charge >= 0.3 is 16.8 Å². The Morgan fingerprint density at radius 1 is 0.474 bits per heavy atom. The molecule has 0 aromatic carbocycles. The van der Waals surface area contributed by atoms with Gasteiger partial charge in [0.25, 0.3) is 0 Å². The van der Waals surface area contributed by atoms with Crippen LogP contribution in [0.15, 0.2) is 0 Å². The fourth-order valence-electron chi connectivity index (χ4n) is 0. The molecule has 0 atom stereocenters. The van der Waals surface area contributed by atoms with Crippen LogP contribution in [0.5, 0.6) is 0 Å². The zero-order valence-corrected chi connectivity index (χ0v) is 12.6. The van der Waals surface area contributed by atoms with Gasteiger partial charge in [-0.05, 0) is 0 Å². The molecule has 1 radical (unpaired) electrons. The molecule has 0 aliphatic rings. The minimum absolute atomic E-state index is 0. The molecule has 0 spiro atoms. The van der Waals surface area contributed by atoms with Crippen molar-refractivity contribution in [2.75, 3.05) is 0 Å². The number of rotatable bonds is 0. The van der Waals surface area contributed by atoms with Crippen molar-refractivity contribution in [3.05, 3.63) is 0 Å². The van der Waals surface area contributed by atoms with Crippen LogP contribution >= 0.6 is 0 Å². The first-order valence-corrected chi connectivity index (χ1v) is 4.00. The monoisotopic (exact) mass is 401 g/mol. The molecule has 26 N–H and O–H groups in total. The molecule has 0 saturated carbocycles. The third kappa shape index (κ3) is 842000. The van der Waals surface area contributed by atoms with E-state index >= 15 is 0 Å². The van der Waals surface area contributed by atoms with E-state index in [0.717, 1.165) is 0 Å². The zero-order valence-electron chi connectivity index (χ0n) is 9.88. The Bertz CT molecular complexity index is 220. The van der Waals surface area contributed by atoms with Gasteiger partial charge in [0.05, 0.1) is 0 Å². The van der Waals surface area contributed by atoms with Gasteiger partial charge in [0.1, 0.15) is 0 Å². The third-order valence-electron chi connectivity index (χ3n) is 0. The Balaban J connectivity index is -0.00000000508. The molecule has 0 aromatic heterocycles. The smallest absolute Gasteiger partial charge is 0.759 e. The predicted molar refractivity (Wildman–Crippen MR) is 62.1 cm³/mol. The van der Waals surface area contributed by atoms with Crippen LogP contribution in [0.4, 0.5) is 0 Å².